The van der Waals surface area contributed by atoms with Crippen molar-refractivity contribution in [2.24, 2.45) is 0 Å². The van der Waals surface area contributed by atoms with Crippen LogP contribution in [0.1, 0.15) is 0 Å². The lowest BCUT2D eigenvalue weighted by molar-refractivity contribution is -0.131. The second-order valence-corrected chi connectivity index (χ2v) is 3.52. The molecule has 0 saturated heterocycles. The summed E-state index contributed by atoms with van der Waals surface area (Å²) in [5, 5.41) is 11.2. The summed E-state index contributed by atoms with van der Waals surface area (Å²) in [7, 11) is 1.58. The van der Waals surface area contributed by atoms with E-state index < -0.39 is 5.97 Å². The number of anilines is 1. The highest BCUT2D eigenvalue weighted by atomic mass is 79.9. The first-order valence-corrected chi connectivity index (χ1v) is 4.92. The number of rotatable bonds is 4. The molecule has 0 aliphatic heterocycles. The van der Waals surface area contributed by atoms with Crippen LogP contribution in [-0.4, -0.2) is 18.2 Å². The van der Waals surface area contributed by atoms with Crippen LogP contribution in [0.4, 0.5) is 5.69 Å². The highest BCUT2D eigenvalue weighted by molar-refractivity contribution is 9.10. The van der Waals surface area contributed by atoms with Gasteiger partial charge in [-0.25, -0.2) is 4.79 Å². The number of carboxylic acids is 1. The summed E-state index contributed by atoms with van der Waals surface area (Å²) in [5.74, 6) is -0.266. The van der Waals surface area contributed by atoms with Gasteiger partial charge in [0.05, 0.1) is 11.6 Å². The van der Waals surface area contributed by atoms with E-state index in [1.54, 1.807) is 25.3 Å². The molecular weight excluding hydrogens is 262 g/mol. The molecule has 0 aliphatic carbocycles. The molecule has 15 heavy (non-hydrogen) atoms. The summed E-state index contributed by atoms with van der Waals surface area (Å²) >= 11 is 3.32. The molecule has 0 heterocycles. The summed E-state index contributed by atoms with van der Waals surface area (Å²) in [6.45, 7) is 0. The van der Waals surface area contributed by atoms with Gasteiger partial charge in [0, 0.05) is 18.0 Å². The van der Waals surface area contributed by atoms with E-state index in [0.29, 0.717) is 0 Å². The number of halogens is 1. The number of hydrogen-bond acceptors (Lipinski definition) is 3. The van der Waals surface area contributed by atoms with Gasteiger partial charge in [-0.05, 0) is 34.1 Å². The van der Waals surface area contributed by atoms with Crippen molar-refractivity contribution < 1.29 is 14.6 Å². The van der Waals surface area contributed by atoms with Crippen LogP contribution in [0, 0.1) is 0 Å². The Labute approximate surface area is 95.7 Å². The number of hydrogen-bond donors (Lipinski definition) is 2. The van der Waals surface area contributed by atoms with Crippen molar-refractivity contribution in [1.29, 1.82) is 0 Å². The van der Waals surface area contributed by atoms with Crippen molar-refractivity contribution >= 4 is 27.6 Å². The highest BCUT2D eigenvalue weighted by Crippen LogP contribution is 2.27. The van der Waals surface area contributed by atoms with E-state index in [9.17, 15) is 4.79 Å². The topological polar surface area (TPSA) is 58.6 Å². The summed E-state index contributed by atoms with van der Waals surface area (Å²) in [4.78, 5) is 10.2. The van der Waals surface area contributed by atoms with Gasteiger partial charge >= 0.3 is 5.97 Å². The van der Waals surface area contributed by atoms with Crippen molar-refractivity contribution in [3.8, 4) is 5.75 Å². The molecule has 1 aromatic rings. The first-order valence-electron chi connectivity index (χ1n) is 4.13. The normalized spacial score (nSPS) is 10.3. The summed E-state index contributed by atoms with van der Waals surface area (Å²) in [6.07, 6.45) is 2.38. The van der Waals surface area contributed by atoms with Gasteiger partial charge in [-0.2, -0.15) is 0 Å². The van der Waals surface area contributed by atoms with Crippen LogP contribution in [0.25, 0.3) is 0 Å². The molecular formula is C10H10BrNO3. The molecule has 0 radical (unpaired) electrons. The monoisotopic (exact) mass is 271 g/mol. The third kappa shape index (κ3) is 3.63. The molecule has 0 fully saturated rings. The fourth-order valence-corrected chi connectivity index (χ4v) is 1.51. The highest BCUT2D eigenvalue weighted by Gasteiger charge is 1.99. The SMILES string of the molecule is COc1ccc(N/C=C/C(=O)O)cc1Br. The molecule has 0 bridgehead atoms. The molecule has 0 unspecified atom stereocenters. The predicted molar refractivity (Wildman–Crippen MR) is 61.1 cm³/mol. The maximum Gasteiger partial charge on any atom is 0.329 e. The second kappa shape index (κ2) is 5.41. The van der Waals surface area contributed by atoms with Crippen LogP contribution in [0.5, 0.6) is 5.75 Å². The second-order valence-electron chi connectivity index (χ2n) is 2.67. The fraction of sp³-hybridized carbons (Fsp3) is 0.100. The number of ether oxygens (including phenoxy) is 1. The molecule has 0 spiro atoms. The Morgan fingerprint density at radius 3 is 2.87 bits per heavy atom. The van der Waals surface area contributed by atoms with E-state index in [1.165, 1.54) is 6.20 Å². The van der Waals surface area contributed by atoms with E-state index in [1.807, 2.05) is 0 Å². The number of nitrogens with one attached hydrogen (secondary N) is 1. The average molecular weight is 272 g/mol. The van der Waals surface area contributed by atoms with Gasteiger partial charge < -0.3 is 15.2 Å². The number of methoxy groups -OCH3 is 1. The van der Waals surface area contributed by atoms with Crippen LogP contribution >= 0.6 is 15.9 Å². The summed E-state index contributed by atoms with van der Waals surface area (Å²) in [6, 6.07) is 5.36. The van der Waals surface area contributed by atoms with Gasteiger partial charge in [-0.15, -0.1) is 0 Å². The Bertz CT molecular complexity index is 390. The molecule has 1 aromatic carbocycles. The van der Waals surface area contributed by atoms with Gasteiger partial charge in [-0.1, -0.05) is 0 Å². The van der Waals surface area contributed by atoms with E-state index in [4.69, 9.17) is 9.84 Å². The molecule has 0 aliphatic rings. The van der Waals surface area contributed by atoms with Gasteiger partial charge in [0.1, 0.15) is 5.75 Å². The van der Waals surface area contributed by atoms with Crippen molar-refractivity contribution in [2.45, 2.75) is 0 Å². The Balaban J connectivity index is 2.71. The average Bonchev–Trinajstić information content (AvgIpc) is 2.17. The zero-order valence-corrected chi connectivity index (χ0v) is 9.61. The number of aliphatic carboxylic acids is 1. The van der Waals surface area contributed by atoms with Crippen molar-refractivity contribution in [2.75, 3.05) is 12.4 Å². The summed E-state index contributed by atoms with van der Waals surface area (Å²) < 4.78 is 5.86. The Hall–Kier alpha value is -1.49. The summed E-state index contributed by atoms with van der Waals surface area (Å²) in [5.41, 5.74) is 0.778. The first kappa shape index (κ1) is 11.6. The molecule has 5 heteroatoms. The zero-order chi connectivity index (χ0) is 11.3. The standard InChI is InChI=1S/C10H10BrNO3/c1-15-9-3-2-7(6-8(9)11)12-5-4-10(13)14/h2-6,12H,1H3,(H,13,14)/b5-4+. The quantitative estimate of drug-likeness (QED) is 0.827. The number of carbonyl (C=O) groups is 1. The minimum absolute atomic E-state index is 0.725. The van der Waals surface area contributed by atoms with Crippen LogP contribution in [0.15, 0.2) is 34.9 Å². The molecule has 0 atom stereocenters. The van der Waals surface area contributed by atoms with E-state index in [2.05, 4.69) is 21.2 Å². The van der Waals surface area contributed by atoms with Crippen LogP contribution in [-0.2, 0) is 4.79 Å². The molecule has 0 amide bonds. The molecule has 2 N–H and O–H groups in total. The lowest BCUT2D eigenvalue weighted by Crippen LogP contribution is -1.92. The Morgan fingerprint density at radius 1 is 1.60 bits per heavy atom. The van der Waals surface area contributed by atoms with Crippen molar-refractivity contribution in [3.63, 3.8) is 0 Å². The van der Waals surface area contributed by atoms with Gasteiger partial charge in [0.15, 0.2) is 0 Å². The Morgan fingerprint density at radius 2 is 2.33 bits per heavy atom. The van der Waals surface area contributed by atoms with Crippen LogP contribution < -0.4 is 10.1 Å². The maximum absolute atomic E-state index is 10.2. The molecule has 0 aromatic heterocycles. The van der Waals surface area contributed by atoms with E-state index >= 15 is 0 Å². The number of benzene rings is 1. The fourth-order valence-electron chi connectivity index (χ4n) is 0.965. The van der Waals surface area contributed by atoms with Crippen molar-refractivity contribution in [1.82, 2.24) is 0 Å². The minimum atomic E-state index is -0.991. The maximum atomic E-state index is 10.2. The van der Waals surface area contributed by atoms with Crippen LogP contribution in [0.2, 0.25) is 0 Å². The third-order valence-corrected chi connectivity index (χ3v) is 2.25. The van der Waals surface area contributed by atoms with E-state index in [-0.39, 0.29) is 0 Å². The molecule has 4 nitrogen and oxygen atoms in total. The Kier molecular flexibility index (Phi) is 4.17. The van der Waals surface area contributed by atoms with Gasteiger partial charge in [0.25, 0.3) is 0 Å². The van der Waals surface area contributed by atoms with Gasteiger partial charge in [-0.3, -0.25) is 0 Å². The first-order chi connectivity index (χ1) is 7.13. The van der Waals surface area contributed by atoms with Crippen LogP contribution in [0.3, 0.4) is 0 Å². The van der Waals surface area contributed by atoms with Crippen molar-refractivity contribution in [3.05, 3.63) is 34.9 Å². The largest absolute Gasteiger partial charge is 0.496 e. The minimum Gasteiger partial charge on any atom is -0.496 e. The predicted octanol–water partition coefficient (Wildman–Crippen LogP) is 2.47. The molecule has 1 rings (SSSR count). The lowest BCUT2D eigenvalue weighted by Gasteiger charge is -2.05. The van der Waals surface area contributed by atoms with E-state index in [0.717, 1.165) is 22.0 Å². The zero-order valence-electron chi connectivity index (χ0n) is 8.03. The molecule has 0 saturated carbocycles. The smallest absolute Gasteiger partial charge is 0.329 e. The van der Waals surface area contributed by atoms with Gasteiger partial charge in [0.2, 0.25) is 0 Å². The third-order valence-electron chi connectivity index (χ3n) is 1.63. The number of carboxylic acid groups (broad SMARTS) is 1. The lowest BCUT2D eigenvalue weighted by atomic mass is 10.3. The molecule has 80 valence electrons.